The Hall–Kier alpha value is -3.04. The molecule has 0 bridgehead atoms. The van der Waals surface area contributed by atoms with Crippen LogP contribution in [0.1, 0.15) is 123 Å². The molecule has 0 aromatic heterocycles. The van der Waals surface area contributed by atoms with Gasteiger partial charge in [0.15, 0.2) is 0 Å². The van der Waals surface area contributed by atoms with Crippen LogP contribution in [0.2, 0.25) is 0 Å². The van der Waals surface area contributed by atoms with Crippen LogP contribution in [0.3, 0.4) is 0 Å². The molecule has 43 heavy (non-hydrogen) atoms. The minimum absolute atomic E-state index is 0.0932. The van der Waals surface area contributed by atoms with Crippen molar-refractivity contribution in [1.29, 1.82) is 0 Å². The van der Waals surface area contributed by atoms with Crippen molar-refractivity contribution in [3.8, 4) is 0 Å². The van der Waals surface area contributed by atoms with Crippen molar-refractivity contribution in [2.75, 3.05) is 13.2 Å². The number of hydrogen-bond donors (Lipinski definition) is 0. The molecule has 2 aromatic carbocycles. The molecule has 0 radical (unpaired) electrons. The number of alkyl halides is 6. The molecule has 0 N–H and O–H groups in total. The van der Waals surface area contributed by atoms with Gasteiger partial charge >= 0.3 is 24.3 Å². The molecule has 0 amide bonds. The maximum atomic E-state index is 14.8. The second-order valence-electron chi connectivity index (χ2n) is 10.7. The van der Waals surface area contributed by atoms with E-state index in [1.807, 2.05) is 0 Å². The van der Waals surface area contributed by atoms with Crippen LogP contribution >= 0.6 is 0 Å². The summed E-state index contributed by atoms with van der Waals surface area (Å²) in [5.74, 6) is -2.11. The first-order valence-corrected chi connectivity index (χ1v) is 15.1. The highest BCUT2D eigenvalue weighted by Gasteiger charge is 2.73. The molecule has 0 spiro atoms. The summed E-state index contributed by atoms with van der Waals surface area (Å²) >= 11 is 0. The summed E-state index contributed by atoms with van der Waals surface area (Å²) < 4.78 is 98.8. The number of carbonyl (C=O) groups excluding carboxylic acids is 2. The van der Waals surface area contributed by atoms with Crippen molar-refractivity contribution in [3.05, 3.63) is 70.8 Å². The van der Waals surface area contributed by atoms with Gasteiger partial charge < -0.3 is 9.47 Å². The number of rotatable bonds is 18. The van der Waals surface area contributed by atoms with Crippen LogP contribution < -0.4 is 0 Å². The third kappa shape index (κ3) is 9.73. The number of ether oxygens (including phenoxy) is 2. The molecule has 0 aliphatic carbocycles. The molecule has 0 aliphatic rings. The maximum Gasteiger partial charge on any atom is 0.411 e. The summed E-state index contributed by atoms with van der Waals surface area (Å²) in [5, 5.41) is 0. The van der Waals surface area contributed by atoms with E-state index in [0.29, 0.717) is 31.0 Å². The maximum absolute atomic E-state index is 14.8. The smallest absolute Gasteiger partial charge is 0.411 e. The highest BCUT2D eigenvalue weighted by atomic mass is 19.4. The Bertz CT molecular complexity index is 1110. The first-order valence-electron chi connectivity index (χ1n) is 15.1. The number of hydrogen-bond acceptors (Lipinski definition) is 4. The average Bonchev–Trinajstić information content (AvgIpc) is 2.95. The molecule has 2 aromatic rings. The predicted molar refractivity (Wildman–Crippen MR) is 153 cm³/mol. The summed E-state index contributed by atoms with van der Waals surface area (Å²) in [5.41, 5.74) is -8.04. The number of carbonyl (C=O) groups is 2. The molecule has 0 unspecified atom stereocenters. The molecule has 0 saturated heterocycles. The van der Waals surface area contributed by atoms with Gasteiger partial charge in [-0.3, -0.25) is 0 Å². The second-order valence-corrected chi connectivity index (χ2v) is 10.7. The van der Waals surface area contributed by atoms with Crippen molar-refractivity contribution in [2.24, 2.45) is 0 Å². The zero-order chi connectivity index (χ0) is 31.9. The largest absolute Gasteiger partial charge is 0.462 e. The van der Waals surface area contributed by atoms with Gasteiger partial charge in [0.1, 0.15) is 0 Å². The van der Waals surface area contributed by atoms with Gasteiger partial charge in [0.2, 0.25) is 5.41 Å². The van der Waals surface area contributed by atoms with Gasteiger partial charge in [-0.05, 0) is 42.2 Å². The van der Waals surface area contributed by atoms with E-state index in [1.165, 1.54) is 6.07 Å². The SMILES string of the molecule is CCCCCCCCOC(=O)c1ccc(C(c2ccccc2C(=O)OCCCCCCCC)(C(F)(F)F)C(F)(F)F)cc1. The van der Waals surface area contributed by atoms with Gasteiger partial charge in [0, 0.05) is 0 Å². The Morgan fingerprint density at radius 2 is 1.02 bits per heavy atom. The molecule has 0 heterocycles. The summed E-state index contributed by atoms with van der Waals surface area (Å²) in [6, 6.07) is 6.73. The lowest BCUT2D eigenvalue weighted by Gasteiger charge is -2.39. The van der Waals surface area contributed by atoms with E-state index in [0.717, 1.165) is 88.5 Å². The fourth-order valence-electron chi connectivity index (χ4n) is 5.05. The fraction of sp³-hybridized carbons (Fsp3) is 0.576. The zero-order valence-electron chi connectivity index (χ0n) is 24.9. The van der Waals surface area contributed by atoms with Crippen LogP contribution in [-0.4, -0.2) is 37.5 Å². The monoisotopic (exact) mass is 616 g/mol. The molecule has 4 nitrogen and oxygen atoms in total. The quantitative estimate of drug-likeness (QED) is 0.0950. The fourth-order valence-corrected chi connectivity index (χ4v) is 5.05. The van der Waals surface area contributed by atoms with Crippen LogP contribution in [0, 0.1) is 0 Å². The van der Waals surface area contributed by atoms with Gasteiger partial charge in [0.25, 0.3) is 0 Å². The molecule has 0 saturated carbocycles. The molecular weight excluding hydrogens is 574 g/mol. The van der Waals surface area contributed by atoms with Crippen molar-refractivity contribution >= 4 is 11.9 Å². The summed E-state index contributed by atoms with van der Waals surface area (Å²) in [6.45, 7) is 4.11. The van der Waals surface area contributed by atoms with Crippen LogP contribution in [0.25, 0.3) is 0 Å². The lowest BCUT2D eigenvalue weighted by Crippen LogP contribution is -2.55. The number of unbranched alkanes of at least 4 members (excludes halogenated alkanes) is 10. The molecule has 0 atom stereocenters. The predicted octanol–water partition coefficient (Wildman–Crippen LogP) is 10.1. The molecule has 0 fully saturated rings. The summed E-state index contributed by atoms with van der Waals surface area (Å²) in [4.78, 5) is 25.3. The molecule has 240 valence electrons. The highest BCUT2D eigenvalue weighted by molar-refractivity contribution is 5.92. The van der Waals surface area contributed by atoms with E-state index in [1.54, 1.807) is 0 Å². The zero-order valence-corrected chi connectivity index (χ0v) is 24.9. The van der Waals surface area contributed by atoms with Crippen LogP contribution in [0.5, 0.6) is 0 Å². The van der Waals surface area contributed by atoms with Gasteiger partial charge in [-0.2, -0.15) is 26.3 Å². The number of halogens is 6. The summed E-state index contributed by atoms with van der Waals surface area (Å²) in [7, 11) is 0. The number of benzene rings is 2. The Kier molecular flexibility index (Phi) is 14.5. The average molecular weight is 617 g/mol. The van der Waals surface area contributed by atoms with Crippen LogP contribution in [0.4, 0.5) is 26.3 Å². The normalized spacial score (nSPS) is 12.3. The van der Waals surface area contributed by atoms with Gasteiger partial charge in [-0.25, -0.2) is 9.59 Å². The molecule has 10 heteroatoms. The molecule has 0 aliphatic heterocycles. The van der Waals surface area contributed by atoms with E-state index >= 15 is 0 Å². The van der Waals surface area contributed by atoms with Crippen molar-refractivity contribution in [2.45, 2.75) is 109 Å². The Morgan fingerprint density at radius 3 is 1.51 bits per heavy atom. The highest BCUT2D eigenvalue weighted by Crippen LogP contribution is 2.57. The van der Waals surface area contributed by atoms with Gasteiger partial charge in [-0.15, -0.1) is 0 Å². The Labute approximate surface area is 250 Å². The third-order valence-electron chi connectivity index (χ3n) is 7.42. The Morgan fingerprint density at radius 1 is 0.581 bits per heavy atom. The number of esters is 2. The lowest BCUT2D eigenvalue weighted by molar-refractivity contribution is -0.288. The van der Waals surface area contributed by atoms with E-state index in [9.17, 15) is 35.9 Å². The minimum atomic E-state index is -5.90. The van der Waals surface area contributed by atoms with E-state index in [4.69, 9.17) is 9.47 Å². The Balaban J connectivity index is 2.33. The van der Waals surface area contributed by atoms with Crippen LogP contribution in [-0.2, 0) is 14.9 Å². The minimum Gasteiger partial charge on any atom is -0.462 e. The van der Waals surface area contributed by atoms with Gasteiger partial charge in [-0.1, -0.05) is 108 Å². The lowest BCUT2D eigenvalue weighted by atomic mass is 9.71. The first-order chi connectivity index (χ1) is 20.4. The van der Waals surface area contributed by atoms with Crippen molar-refractivity contribution < 1.29 is 45.4 Å². The topological polar surface area (TPSA) is 52.6 Å². The molecule has 2 rings (SSSR count). The second kappa shape index (κ2) is 17.3. The van der Waals surface area contributed by atoms with Crippen molar-refractivity contribution in [1.82, 2.24) is 0 Å². The van der Waals surface area contributed by atoms with Crippen LogP contribution in [0.15, 0.2) is 48.5 Å². The van der Waals surface area contributed by atoms with E-state index in [2.05, 4.69) is 13.8 Å². The first kappa shape index (κ1) is 36.2. The van der Waals surface area contributed by atoms with E-state index in [-0.39, 0.29) is 18.8 Å². The standard InChI is InChI=1S/C33H42F6O4/c1-3-5-7-9-11-15-23-42-29(40)25-19-21-26(22-20-25)31(32(34,35)36,33(37,38)39)28-18-14-13-17-27(28)30(41)43-24-16-12-10-8-6-4-2/h13-14,17-22H,3-12,15-16,23-24H2,1-2H3. The third-order valence-corrected chi connectivity index (χ3v) is 7.42. The van der Waals surface area contributed by atoms with E-state index < -0.39 is 46.4 Å². The summed E-state index contributed by atoms with van der Waals surface area (Å²) in [6.07, 6.45) is -1.01. The van der Waals surface area contributed by atoms with Gasteiger partial charge in [0.05, 0.1) is 24.3 Å². The molecular formula is C33H42F6O4. The van der Waals surface area contributed by atoms with Crippen molar-refractivity contribution in [3.63, 3.8) is 0 Å².